The molecule has 0 fully saturated rings. The van der Waals surface area contributed by atoms with Crippen LogP contribution in [0.4, 0.5) is 10.1 Å². The first-order valence-electron chi connectivity index (χ1n) is 8.59. The fourth-order valence-electron chi connectivity index (χ4n) is 2.66. The van der Waals surface area contributed by atoms with Crippen LogP contribution < -0.4 is 14.8 Å². The maximum absolute atomic E-state index is 12.9. The first kappa shape index (κ1) is 21.0. The zero-order chi connectivity index (χ0) is 20.7. The summed E-state index contributed by atoms with van der Waals surface area (Å²) in [4.78, 5) is 26.3. The van der Waals surface area contributed by atoms with E-state index in [1.807, 2.05) is 13.0 Å². The molecule has 28 heavy (non-hydrogen) atoms. The van der Waals surface area contributed by atoms with Gasteiger partial charge in [-0.2, -0.15) is 0 Å². The van der Waals surface area contributed by atoms with E-state index < -0.39 is 11.7 Å². The molecule has 0 heterocycles. The molecule has 0 aliphatic rings. The largest absolute Gasteiger partial charge is 0.493 e. The van der Waals surface area contributed by atoms with E-state index in [1.165, 1.54) is 50.4 Å². The Labute approximate surface area is 163 Å². The Morgan fingerprint density at radius 3 is 2.39 bits per heavy atom. The molecule has 6 nitrogen and oxygen atoms in total. The molecule has 2 aromatic carbocycles. The first-order valence-corrected chi connectivity index (χ1v) is 8.59. The number of allylic oxidation sites excluding steroid dienone is 1. The van der Waals surface area contributed by atoms with Gasteiger partial charge in [-0.15, -0.1) is 0 Å². The van der Waals surface area contributed by atoms with Crippen LogP contribution in [-0.4, -0.2) is 44.5 Å². The van der Waals surface area contributed by atoms with Crippen molar-refractivity contribution in [3.05, 3.63) is 59.4 Å². The molecular weight excluding hydrogens is 363 g/mol. The minimum atomic E-state index is -0.393. The molecule has 0 aliphatic carbocycles. The van der Waals surface area contributed by atoms with Gasteiger partial charge in [0.15, 0.2) is 11.5 Å². The Morgan fingerprint density at radius 1 is 1.14 bits per heavy atom. The van der Waals surface area contributed by atoms with Crippen molar-refractivity contribution >= 4 is 23.6 Å². The lowest BCUT2D eigenvalue weighted by molar-refractivity contribution is -0.116. The number of rotatable bonds is 7. The summed E-state index contributed by atoms with van der Waals surface area (Å²) in [6.45, 7) is 1.69. The van der Waals surface area contributed by atoms with Crippen molar-refractivity contribution in [1.29, 1.82) is 0 Å². The minimum absolute atomic E-state index is 0.163. The van der Waals surface area contributed by atoms with Gasteiger partial charge in [0.25, 0.3) is 5.91 Å². The Kier molecular flexibility index (Phi) is 7.14. The highest BCUT2D eigenvalue weighted by Crippen LogP contribution is 2.33. The lowest BCUT2D eigenvalue weighted by Crippen LogP contribution is -2.35. The molecule has 7 heteroatoms. The molecule has 0 bridgehead atoms. The van der Waals surface area contributed by atoms with Crippen molar-refractivity contribution in [3.8, 4) is 11.5 Å². The average Bonchev–Trinajstić information content (AvgIpc) is 2.68. The molecule has 0 saturated heterocycles. The molecular formula is C21H23FN2O4. The van der Waals surface area contributed by atoms with Gasteiger partial charge in [-0.1, -0.05) is 12.2 Å². The first-order chi connectivity index (χ1) is 13.4. The lowest BCUT2D eigenvalue weighted by atomic mass is 10.1. The predicted molar refractivity (Wildman–Crippen MR) is 106 cm³/mol. The topological polar surface area (TPSA) is 67.9 Å². The van der Waals surface area contributed by atoms with E-state index in [0.717, 1.165) is 0 Å². The second-order valence-corrected chi connectivity index (χ2v) is 6.02. The number of anilines is 1. The van der Waals surface area contributed by atoms with E-state index in [-0.39, 0.29) is 12.5 Å². The zero-order valence-electron chi connectivity index (χ0n) is 16.3. The van der Waals surface area contributed by atoms with Crippen molar-refractivity contribution in [1.82, 2.24) is 4.90 Å². The second kappa shape index (κ2) is 9.55. The van der Waals surface area contributed by atoms with Gasteiger partial charge in [0.05, 0.1) is 20.8 Å². The van der Waals surface area contributed by atoms with Crippen LogP contribution in [0, 0.1) is 5.82 Å². The van der Waals surface area contributed by atoms with Crippen LogP contribution in [0.25, 0.3) is 6.08 Å². The van der Waals surface area contributed by atoms with E-state index in [0.29, 0.717) is 28.3 Å². The number of hydrogen-bond donors (Lipinski definition) is 1. The van der Waals surface area contributed by atoms with E-state index in [9.17, 15) is 14.0 Å². The molecule has 0 saturated carbocycles. The van der Waals surface area contributed by atoms with Crippen LogP contribution in [0.1, 0.15) is 22.8 Å². The number of carbonyl (C=O) groups is 2. The predicted octanol–water partition coefficient (Wildman–Crippen LogP) is 3.59. The van der Waals surface area contributed by atoms with Gasteiger partial charge in [0.1, 0.15) is 5.82 Å². The highest BCUT2D eigenvalue weighted by atomic mass is 19.1. The smallest absolute Gasteiger partial charge is 0.254 e. The van der Waals surface area contributed by atoms with Crippen LogP contribution in [0.3, 0.4) is 0 Å². The quantitative estimate of drug-likeness (QED) is 0.790. The van der Waals surface area contributed by atoms with Gasteiger partial charge in [-0.25, -0.2) is 4.39 Å². The third kappa shape index (κ3) is 5.09. The van der Waals surface area contributed by atoms with Crippen molar-refractivity contribution in [2.45, 2.75) is 6.92 Å². The average molecular weight is 386 g/mol. The van der Waals surface area contributed by atoms with Crippen LogP contribution in [0.15, 0.2) is 42.5 Å². The fraction of sp³-hybridized carbons (Fsp3) is 0.238. The molecule has 0 atom stereocenters. The van der Waals surface area contributed by atoms with Gasteiger partial charge in [0, 0.05) is 23.9 Å². The SMILES string of the molecule is C/C=C/c1cc(C(=O)N(C)CC(=O)Nc2ccc(F)cc2)cc(OC)c1OC. The number of amides is 2. The zero-order valence-corrected chi connectivity index (χ0v) is 16.3. The van der Waals surface area contributed by atoms with Gasteiger partial charge in [-0.05, 0) is 43.3 Å². The number of ether oxygens (including phenoxy) is 2. The highest BCUT2D eigenvalue weighted by molar-refractivity contribution is 6.00. The van der Waals surface area contributed by atoms with Gasteiger partial charge >= 0.3 is 0 Å². The summed E-state index contributed by atoms with van der Waals surface area (Å²) in [7, 11) is 4.54. The number of nitrogens with zero attached hydrogens (tertiary/aromatic N) is 1. The maximum Gasteiger partial charge on any atom is 0.254 e. The molecule has 148 valence electrons. The number of likely N-dealkylation sites (N-methyl/N-ethyl adjacent to an activating group) is 1. The van der Waals surface area contributed by atoms with Crippen molar-refractivity contribution in [3.63, 3.8) is 0 Å². The number of methoxy groups -OCH3 is 2. The van der Waals surface area contributed by atoms with E-state index >= 15 is 0 Å². The Bertz CT molecular complexity index is 879. The van der Waals surface area contributed by atoms with E-state index in [2.05, 4.69) is 5.32 Å². The number of carbonyl (C=O) groups excluding carboxylic acids is 2. The standard InChI is InChI=1S/C21H23FN2O4/c1-5-6-14-11-15(12-18(27-3)20(14)28-4)21(26)24(2)13-19(25)23-17-9-7-16(22)8-10-17/h5-12H,13H2,1-4H3,(H,23,25)/b6-5+. The molecule has 0 radical (unpaired) electrons. The number of benzene rings is 2. The molecule has 2 aromatic rings. The molecule has 1 N–H and O–H groups in total. The van der Waals surface area contributed by atoms with Gasteiger partial charge in [-0.3, -0.25) is 9.59 Å². The molecule has 2 amide bonds. The molecule has 2 rings (SSSR count). The summed E-state index contributed by atoms with van der Waals surface area (Å²) in [5, 5.41) is 2.62. The summed E-state index contributed by atoms with van der Waals surface area (Å²) < 4.78 is 23.6. The summed E-state index contributed by atoms with van der Waals surface area (Å²) in [6.07, 6.45) is 3.63. The summed E-state index contributed by atoms with van der Waals surface area (Å²) in [5.41, 5.74) is 1.51. The van der Waals surface area contributed by atoms with Gasteiger partial charge < -0.3 is 19.7 Å². The number of halogens is 1. The Balaban J connectivity index is 2.16. The maximum atomic E-state index is 12.9. The van der Waals surface area contributed by atoms with Gasteiger partial charge in [0.2, 0.25) is 5.91 Å². The summed E-state index contributed by atoms with van der Waals surface area (Å²) in [6, 6.07) is 8.65. The fourth-order valence-corrected chi connectivity index (χ4v) is 2.66. The van der Waals surface area contributed by atoms with Crippen LogP contribution in [0.5, 0.6) is 11.5 Å². The van der Waals surface area contributed by atoms with Crippen LogP contribution in [-0.2, 0) is 4.79 Å². The Hall–Kier alpha value is -3.35. The monoisotopic (exact) mass is 386 g/mol. The summed E-state index contributed by atoms with van der Waals surface area (Å²) >= 11 is 0. The third-order valence-electron chi connectivity index (χ3n) is 3.96. The van der Waals surface area contributed by atoms with Crippen molar-refractivity contribution < 1.29 is 23.5 Å². The number of nitrogens with one attached hydrogen (secondary N) is 1. The second-order valence-electron chi connectivity index (χ2n) is 6.02. The molecule has 0 aliphatic heterocycles. The summed E-state index contributed by atoms with van der Waals surface area (Å²) in [5.74, 6) is -0.187. The number of hydrogen-bond acceptors (Lipinski definition) is 4. The van der Waals surface area contributed by atoms with E-state index in [1.54, 1.807) is 18.2 Å². The highest BCUT2D eigenvalue weighted by Gasteiger charge is 2.19. The van der Waals surface area contributed by atoms with Crippen molar-refractivity contribution in [2.75, 3.05) is 33.1 Å². The molecule has 0 aromatic heterocycles. The molecule has 0 unspecified atom stereocenters. The van der Waals surface area contributed by atoms with Crippen LogP contribution >= 0.6 is 0 Å². The minimum Gasteiger partial charge on any atom is -0.493 e. The molecule has 0 spiro atoms. The Morgan fingerprint density at radius 2 is 1.82 bits per heavy atom. The lowest BCUT2D eigenvalue weighted by Gasteiger charge is -2.19. The normalized spacial score (nSPS) is 10.6. The third-order valence-corrected chi connectivity index (χ3v) is 3.96. The van der Waals surface area contributed by atoms with E-state index in [4.69, 9.17) is 9.47 Å². The van der Waals surface area contributed by atoms with Crippen LogP contribution in [0.2, 0.25) is 0 Å². The van der Waals surface area contributed by atoms with Crippen molar-refractivity contribution in [2.24, 2.45) is 0 Å².